The van der Waals surface area contributed by atoms with Crippen LogP contribution in [0, 0.1) is 0 Å². The number of alkyl halides is 1. The van der Waals surface area contributed by atoms with Gasteiger partial charge in [0.15, 0.2) is 0 Å². The molecule has 2 aromatic carbocycles. The number of carbonyl (C=O) groups excluding carboxylic acids is 1. The lowest BCUT2D eigenvalue weighted by Gasteiger charge is -2.47. The number of rotatable bonds is 14. The molecule has 4 nitrogen and oxygen atoms in total. The maximum atomic E-state index is 14.5. The van der Waals surface area contributed by atoms with Crippen LogP contribution < -0.4 is 0 Å². The zero-order valence-corrected chi connectivity index (χ0v) is 25.2. The predicted molar refractivity (Wildman–Crippen MR) is 162 cm³/mol. The Labute approximate surface area is 247 Å². The molecule has 0 amide bonds. The average molecular weight is 567 g/mol. The normalized spacial score (nSPS) is 24.3. The Hall–Kier alpha value is -1.88. The van der Waals surface area contributed by atoms with E-state index in [1.54, 1.807) is 0 Å². The zero-order chi connectivity index (χ0) is 27.8. The summed E-state index contributed by atoms with van der Waals surface area (Å²) >= 11 is 6.92. The van der Waals surface area contributed by atoms with Crippen molar-refractivity contribution in [1.82, 2.24) is 0 Å². The highest BCUT2D eigenvalue weighted by atomic mass is 35.5. The van der Waals surface area contributed by atoms with E-state index >= 15 is 0 Å². The van der Waals surface area contributed by atoms with Gasteiger partial charge in [0.2, 0.25) is 5.60 Å². The molecule has 40 heavy (non-hydrogen) atoms. The summed E-state index contributed by atoms with van der Waals surface area (Å²) in [6, 6.07) is 20.9. The van der Waals surface area contributed by atoms with Crippen molar-refractivity contribution in [2.75, 3.05) is 13.1 Å². The minimum Gasteiger partial charge on any atom is -0.459 e. The van der Waals surface area contributed by atoms with E-state index in [9.17, 15) is 4.79 Å². The van der Waals surface area contributed by atoms with Crippen LogP contribution in [0.4, 0.5) is 0 Å². The fourth-order valence-corrected chi connectivity index (χ4v) is 8.27. The number of hydrogen-bond acceptors (Lipinski definition) is 3. The minimum atomic E-state index is -1.40. The van der Waals surface area contributed by atoms with Crippen LogP contribution in [0.1, 0.15) is 108 Å². The van der Waals surface area contributed by atoms with Crippen molar-refractivity contribution in [3.63, 3.8) is 0 Å². The van der Waals surface area contributed by atoms with Crippen molar-refractivity contribution < 1.29 is 18.8 Å². The lowest BCUT2D eigenvalue weighted by atomic mass is 9.85. The quantitative estimate of drug-likeness (QED) is 0.0995. The molecule has 3 aliphatic rings. The van der Waals surface area contributed by atoms with Gasteiger partial charge in [-0.1, -0.05) is 118 Å². The van der Waals surface area contributed by atoms with Gasteiger partial charge in [0.25, 0.3) is 0 Å². The molecule has 3 aliphatic heterocycles. The summed E-state index contributed by atoms with van der Waals surface area (Å²) in [6.45, 7) is 4.86. The molecule has 3 fully saturated rings. The highest BCUT2D eigenvalue weighted by Crippen LogP contribution is 2.47. The van der Waals surface area contributed by atoms with Gasteiger partial charge >= 0.3 is 5.97 Å². The van der Waals surface area contributed by atoms with Gasteiger partial charge in [-0.15, -0.1) is 0 Å². The van der Waals surface area contributed by atoms with E-state index in [0.29, 0.717) is 18.5 Å². The molecule has 0 radical (unpaired) electrons. The number of carbonyl (C=O) groups is 1. The summed E-state index contributed by atoms with van der Waals surface area (Å²) in [4.78, 5) is 14.5. The fraction of sp³-hybridized carbons (Fsp3) is 0.629. The second kappa shape index (κ2) is 13.9. The lowest BCUT2D eigenvalue weighted by molar-refractivity contribution is -0.956. The van der Waals surface area contributed by atoms with E-state index in [4.69, 9.17) is 21.1 Å². The number of benzene rings is 2. The summed E-state index contributed by atoms with van der Waals surface area (Å²) in [5.41, 5.74) is -0.437. The van der Waals surface area contributed by atoms with Crippen molar-refractivity contribution in [2.24, 2.45) is 0 Å². The first kappa shape index (κ1) is 29.6. The molecule has 0 saturated carbocycles. The highest BCUT2D eigenvalue weighted by Gasteiger charge is 2.57. The van der Waals surface area contributed by atoms with E-state index in [1.165, 1.54) is 75.4 Å². The van der Waals surface area contributed by atoms with Gasteiger partial charge in [0.1, 0.15) is 11.7 Å². The van der Waals surface area contributed by atoms with Crippen LogP contribution in [-0.4, -0.2) is 47.3 Å². The summed E-state index contributed by atoms with van der Waals surface area (Å²) < 4.78 is 14.5. The van der Waals surface area contributed by atoms with Crippen LogP contribution in [0.3, 0.4) is 0 Å². The van der Waals surface area contributed by atoms with Gasteiger partial charge in [-0.2, -0.15) is 0 Å². The first-order valence-corrected chi connectivity index (χ1v) is 16.5. The topological polar surface area (TPSA) is 35.5 Å². The monoisotopic (exact) mass is 566 g/mol. The van der Waals surface area contributed by atoms with Crippen LogP contribution in [0.2, 0.25) is 0 Å². The predicted octanol–water partition coefficient (Wildman–Crippen LogP) is 8.50. The third kappa shape index (κ3) is 6.30. The molecule has 0 N–H and O–H groups in total. The molecule has 218 valence electrons. The maximum absolute atomic E-state index is 14.5. The molecule has 0 aromatic heterocycles. The Kier molecular flexibility index (Phi) is 10.3. The van der Waals surface area contributed by atoms with Gasteiger partial charge in [-0.25, -0.2) is 4.79 Å². The van der Waals surface area contributed by atoms with Crippen molar-refractivity contribution in [2.45, 2.75) is 126 Å². The van der Waals surface area contributed by atoms with E-state index in [0.717, 1.165) is 36.8 Å². The Morgan fingerprint density at radius 3 is 1.93 bits per heavy atom. The van der Waals surface area contributed by atoms with Gasteiger partial charge in [-0.05, 0) is 24.0 Å². The first-order valence-electron chi connectivity index (χ1n) is 16.1. The van der Waals surface area contributed by atoms with Crippen LogP contribution in [0.5, 0.6) is 0 Å². The van der Waals surface area contributed by atoms with Gasteiger partial charge in [0.05, 0.1) is 25.2 Å². The molecule has 3 atom stereocenters. The Bertz CT molecular complexity index is 999. The zero-order valence-electron chi connectivity index (χ0n) is 24.4. The minimum absolute atomic E-state index is 0.0679. The molecule has 3 heterocycles. The van der Waals surface area contributed by atoms with Crippen molar-refractivity contribution >= 4 is 17.6 Å². The molecule has 3 saturated heterocycles. The maximum Gasteiger partial charge on any atom is 0.348 e. The number of unbranched alkanes of at least 4 members (excludes halogenated alkanes) is 6. The van der Waals surface area contributed by atoms with E-state index < -0.39 is 11.2 Å². The number of halogens is 1. The Morgan fingerprint density at radius 1 is 0.850 bits per heavy atom. The summed E-state index contributed by atoms with van der Waals surface area (Å²) in [5.74, 6) is -0.325. The molecule has 0 aliphatic carbocycles. The fourth-order valence-electron chi connectivity index (χ4n) is 7.99. The summed E-state index contributed by atoms with van der Waals surface area (Å²) in [5, 5.41) is 0. The van der Waals surface area contributed by atoms with E-state index in [1.807, 2.05) is 60.7 Å². The molecule has 3 unspecified atom stereocenters. The number of ether oxygens (including phenoxy) is 2. The van der Waals surface area contributed by atoms with Crippen LogP contribution in [-0.2, 0) is 19.9 Å². The van der Waals surface area contributed by atoms with E-state index in [-0.39, 0.29) is 12.1 Å². The number of nitrogens with zero attached hydrogens (tertiary/aromatic N) is 1. The number of esters is 1. The lowest BCUT2D eigenvalue weighted by Crippen LogP contribution is -2.60. The van der Waals surface area contributed by atoms with Gasteiger partial charge in [0, 0.05) is 38.5 Å². The summed E-state index contributed by atoms with van der Waals surface area (Å²) in [7, 11) is 0. The largest absolute Gasteiger partial charge is 0.459 e. The SMILES string of the molecule is CCCCCCCCCC(Cl)OC(C(=O)OC1CC2CCC(C1)[N+]21CCCC1)(c1ccccc1)c1ccccc1. The smallest absolute Gasteiger partial charge is 0.348 e. The average Bonchev–Trinajstić information content (AvgIpc) is 3.53. The van der Waals surface area contributed by atoms with Crippen LogP contribution in [0.15, 0.2) is 60.7 Å². The highest BCUT2D eigenvalue weighted by molar-refractivity contribution is 6.19. The first-order chi connectivity index (χ1) is 19.6. The molecule has 2 aromatic rings. The second-order valence-electron chi connectivity index (χ2n) is 12.5. The van der Waals surface area contributed by atoms with Crippen molar-refractivity contribution in [3.8, 4) is 0 Å². The molecular formula is C35H49ClNO3+. The van der Waals surface area contributed by atoms with Gasteiger partial charge < -0.3 is 14.0 Å². The van der Waals surface area contributed by atoms with Crippen molar-refractivity contribution in [3.05, 3.63) is 71.8 Å². The third-order valence-corrected chi connectivity index (χ3v) is 10.3. The number of piperidine rings is 1. The van der Waals surface area contributed by atoms with E-state index in [2.05, 4.69) is 6.92 Å². The Balaban J connectivity index is 1.34. The van der Waals surface area contributed by atoms with Crippen molar-refractivity contribution in [1.29, 1.82) is 0 Å². The van der Waals surface area contributed by atoms with Gasteiger partial charge in [-0.3, -0.25) is 0 Å². The second-order valence-corrected chi connectivity index (χ2v) is 13.0. The molecule has 5 heteroatoms. The number of hydrogen-bond donors (Lipinski definition) is 0. The van der Waals surface area contributed by atoms with Crippen LogP contribution >= 0.6 is 11.6 Å². The molecule has 1 spiro atoms. The van der Waals surface area contributed by atoms with Crippen LogP contribution in [0.25, 0.3) is 0 Å². The third-order valence-electron chi connectivity index (χ3n) is 10.0. The Morgan fingerprint density at radius 2 is 1.38 bits per heavy atom. The molecule has 5 rings (SSSR count). The molecule has 2 bridgehead atoms. The molecular weight excluding hydrogens is 518 g/mol. The summed E-state index contributed by atoms with van der Waals surface area (Å²) in [6.07, 6.45) is 16.3. The standard InChI is InChI=1S/C35H49ClNO3/c1-2-3-4-5-6-7-14-21-33(36)40-35(28-17-10-8-11-18-28,29-19-12-9-13-20-29)34(38)39-32-26-30-22-23-31(27-32)37(30)24-15-16-25-37/h8-13,17-20,30-33H,2-7,14-16,21-27H2,1H3/q+1. The number of quaternary nitrogens is 1.